The quantitative estimate of drug-likeness (QED) is 0.315. The first-order valence-electron chi connectivity index (χ1n) is 3.88. The molecule has 15 heavy (non-hydrogen) atoms. The minimum atomic E-state index is -6.46. The van der Waals surface area contributed by atoms with E-state index in [0.717, 1.165) is 0 Å². The van der Waals surface area contributed by atoms with Crippen molar-refractivity contribution in [3.8, 4) is 0 Å². The number of rotatable bonds is 1. The summed E-state index contributed by atoms with van der Waals surface area (Å²) in [7, 11) is -6.46. The Morgan fingerprint density at radius 1 is 0.933 bits per heavy atom. The summed E-state index contributed by atoms with van der Waals surface area (Å²) in [5.74, 6) is -3.36. The van der Waals surface area contributed by atoms with Crippen LogP contribution in [0, 0.1) is 25.5 Å². The Bertz CT molecular complexity index is 383. The molecule has 0 amide bonds. The van der Waals surface area contributed by atoms with Crippen LogP contribution < -0.4 is 5.19 Å². The molecule has 0 aliphatic rings. The Morgan fingerprint density at radius 3 is 1.80 bits per heavy atom. The van der Waals surface area contributed by atoms with Crippen molar-refractivity contribution >= 4 is 25.9 Å². The average Bonchev–Trinajstić information content (AvgIpc) is 2.09. The lowest BCUT2D eigenvalue weighted by molar-refractivity contribution is 0.475. The van der Waals surface area contributed by atoms with E-state index < -0.39 is 30.9 Å². The number of hydrogen-bond acceptors (Lipinski definition) is 0. The summed E-state index contributed by atoms with van der Waals surface area (Å²) in [6.45, 7) is 2.41. The summed E-state index contributed by atoms with van der Waals surface area (Å²) in [4.78, 5) is 0. The summed E-state index contributed by atoms with van der Waals surface area (Å²) in [5.41, 5.74) is -0.269. The molecule has 1 aromatic carbocycles. The molecule has 7 heteroatoms. The lowest BCUT2D eigenvalue weighted by atomic mass is 10.1. The van der Waals surface area contributed by atoms with Gasteiger partial charge >= 0.3 is 9.08 Å². The van der Waals surface area contributed by atoms with Crippen molar-refractivity contribution in [2.45, 2.75) is 13.8 Å². The Hall–Kier alpha value is -0.623. The van der Waals surface area contributed by atoms with Crippen LogP contribution >= 0.6 is 11.6 Å². The zero-order chi connectivity index (χ0) is 12.0. The van der Waals surface area contributed by atoms with E-state index in [9.17, 15) is 21.1 Å². The van der Waals surface area contributed by atoms with E-state index in [2.05, 4.69) is 0 Å². The van der Waals surface area contributed by atoms with E-state index in [1.54, 1.807) is 0 Å². The second-order valence-electron chi connectivity index (χ2n) is 3.06. The molecule has 0 aliphatic carbocycles. The predicted molar refractivity (Wildman–Crippen MR) is 49.6 cm³/mol. The zero-order valence-corrected chi connectivity index (χ0v) is 9.52. The molecule has 1 rings (SSSR count). The highest BCUT2D eigenvalue weighted by molar-refractivity contribution is 6.76. The van der Waals surface area contributed by atoms with Crippen LogP contribution in [0.15, 0.2) is 0 Å². The molecular weight excluding hydrogens is 255 g/mol. The van der Waals surface area contributed by atoms with Gasteiger partial charge in [0.15, 0.2) is 11.6 Å². The standard InChI is InChI=1S/C8H6ClF5Si/c1-3-4(2)6(10)7(11)8(5(3)9)15(12,13)14/h1-2H3. The molecule has 0 saturated carbocycles. The summed E-state index contributed by atoms with van der Waals surface area (Å²) in [6, 6.07) is 0. The Kier molecular flexibility index (Phi) is 3.11. The highest BCUT2D eigenvalue weighted by Gasteiger charge is 2.46. The number of halogens is 6. The molecule has 1 aromatic rings. The van der Waals surface area contributed by atoms with Gasteiger partial charge in [0, 0.05) is 0 Å². The van der Waals surface area contributed by atoms with Gasteiger partial charge in [-0.1, -0.05) is 11.6 Å². The van der Waals surface area contributed by atoms with Gasteiger partial charge < -0.3 is 0 Å². The van der Waals surface area contributed by atoms with Gasteiger partial charge in [0.1, 0.15) is 0 Å². The first kappa shape index (κ1) is 12.4. The Labute approximate surface area is 89.2 Å². The normalized spacial score (nSPS) is 12.0. The minimum Gasteiger partial charge on any atom is -0.234 e. The van der Waals surface area contributed by atoms with Gasteiger partial charge in [0.2, 0.25) is 0 Å². The van der Waals surface area contributed by atoms with Crippen molar-refractivity contribution < 1.29 is 21.1 Å². The fraction of sp³-hybridized carbons (Fsp3) is 0.250. The first-order chi connectivity index (χ1) is 6.68. The van der Waals surface area contributed by atoms with Crippen molar-refractivity contribution in [1.29, 1.82) is 0 Å². The SMILES string of the molecule is Cc1c(C)c(Cl)c([Si](F)(F)F)c(F)c1F. The average molecular weight is 261 g/mol. The summed E-state index contributed by atoms with van der Waals surface area (Å²) < 4.78 is 63.5. The fourth-order valence-electron chi connectivity index (χ4n) is 1.14. The van der Waals surface area contributed by atoms with Gasteiger partial charge in [0.25, 0.3) is 0 Å². The van der Waals surface area contributed by atoms with E-state index >= 15 is 0 Å². The summed E-state index contributed by atoms with van der Waals surface area (Å²) >= 11 is 5.37. The van der Waals surface area contributed by atoms with Crippen molar-refractivity contribution in [2.75, 3.05) is 0 Å². The predicted octanol–water partition coefficient (Wildman–Crippen LogP) is 3.29. The maximum absolute atomic E-state index is 13.1. The minimum absolute atomic E-state index is 0.0737. The Morgan fingerprint density at radius 2 is 1.40 bits per heavy atom. The highest BCUT2D eigenvalue weighted by Crippen LogP contribution is 2.26. The summed E-state index contributed by atoms with van der Waals surface area (Å²) in [5, 5.41) is -2.34. The molecule has 0 atom stereocenters. The maximum atomic E-state index is 13.1. The van der Waals surface area contributed by atoms with E-state index in [1.807, 2.05) is 0 Å². The maximum Gasteiger partial charge on any atom is 0.657 e. The van der Waals surface area contributed by atoms with Gasteiger partial charge in [-0.15, -0.1) is 0 Å². The smallest absolute Gasteiger partial charge is 0.234 e. The number of benzene rings is 1. The molecule has 0 heterocycles. The van der Waals surface area contributed by atoms with E-state index in [0.29, 0.717) is 0 Å². The third-order valence-corrected chi connectivity index (χ3v) is 3.80. The van der Waals surface area contributed by atoms with Crippen molar-refractivity contribution in [3.63, 3.8) is 0 Å². The first-order valence-corrected chi connectivity index (χ1v) is 5.90. The van der Waals surface area contributed by atoms with E-state index in [-0.39, 0.29) is 11.1 Å². The molecule has 0 nitrogen and oxygen atoms in total. The van der Waals surface area contributed by atoms with Crippen molar-refractivity contribution in [2.24, 2.45) is 0 Å². The molecule has 0 spiro atoms. The molecule has 0 bridgehead atoms. The van der Waals surface area contributed by atoms with Crippen LogP contribution in [0.5, 0.6) is 0 Å². The molecular formula is C8H6ClF5Si. The van der Waals surface area contributed by atoms with Crippen LogP contribution in [0.3, 0.4) is 0 Å². The van der Waals surface area contributed by atoms with E-state index in [1.165, 1.54) is 13.8 Å². The Balaban J connectivity index is 3.68. The van der Waals surface area contributed by atoms with Crippen LogP contribution in [0.2, 0.25) is 5.02 Å². The van der Waals surface area contributed by atoms with Gasteiger partial charge in [-0.05, 0) is 25.0 Å². The molecule has 0 saturated heterocycles. The zero-order valence-electron chi connectivity index (χ0n) is 7.77. The number of hydrogen-bond donors (Lipinski definition) is 0. The van der Waals surface area contributed by atoms with Gasteiger partial charge in [-0.3, -0.25) is 0 Å². The third kappa shape index (κ3) is 2.01. The largest absolute Gasteiger partial charge is 0.657 e. The summed E-state index contributed by atoms with van der Waals surface area (Å²) in [6.07, 6.45) is 0. The molecule has 0 unspecified atom stereocenters. The van der Waals surface area contributed by atoms with Crippen LogP contribution in [0.25, 0.3) is 0 Å². The van der Waals surface area contributed by atoms with E-state index in [4.69, 9.17) is 11.6 Å². The van der Waals surface area contributed by atoms with Gasteiger partial charge in [0.05, 0.1) is 10.2 Å². The van der Waals surface area contributed by atoms with Crippen molar-refractivity contribution in [1.82, 2.24) is 0 Å². The lowest BCUT2D eigenvalue weighted by Crippen LogP contribution is -2.39. The molecule has 0 radical (unpaired) electrons. The molecule has 0 aromatic heterocycles. The van der Waals surface area contributed by atoms with Gasteiger partial charge in [-0.25, -0.2) is 21.1 Å². The van der Waals surface area contributed by atoms with Crippen LogP contribution in [0.4, 0.5) is 21.1 Å². The topological polar surface area (TPSA) is 0 Å². The monoisotopic (exact) mass is 260 g/mol. The molecule has 0 N–H and O–H groups in total. The van der Waals surface area contributed by atoms with Gasteiger partial charge in [-0.2, -0.15) is 0 Å². The molecule has 84 valence electrons. The van der Waals surface area contributed by atoms with Crippen LogP contribution in [-0.4, -0.2) is 9.08 Å². The third-order valence-electron chi connectivity index (χ3n) is 2.14. The van der Waals surface area contributed by atoms with Crippen LogP contribution in [0.1, 0.15) is 11.1 Å². The van der Waals surface area contributed by atoms with Crippen molar-refractivity contribution in [3.05, 3.63) is 27.8 Å². The second kappa shape index (κ2) is 3.75. The fourth-order valence-corrected chi connectivity index (χ4v) is 2.48. The second-order valence-corrected chi connectivity index (χ2v) is 4.94. The molecule has 0 aliphatic heterocycles. The van der Waals surface area contributed by atoms with Crippen LogP contribution in [-0.2, 0) is 0 Å². The highest BCUT2D eigenvalue weighted by atomic mass is 35.5. The lowest BCUT2D eigenvalue weighted by Gasteiger charge is -2.12. The molecule has 0 fully saturated rings.